The summed E-state index contributed by atoms with van der Waals surface area (Å²) in [5.41, 5.74) is 1.35. The normalized spacial score (nSPS) is 14.6. The number of nitrogens with one attached hydrogen (secondary N) is 1. The summed E-state index contributed by atoms with van der Waals surface area (Å²) in [6.07, 6.45) is 4.73. The molecule has 0 radical (unpaired) electrons. The van der Waals surface area contributed by atoms with E-state index in [0.29, 0.717) is 24.8 Å². The number of likely N-dealkylation sites (tertiary alicyclic amines) is 1. The number of benzene rings is 1. The average molecular weight is 380 g/mol. The Bertz CT molecular complexity index is 1020. The third kappa shape index (κ3) is 3.57. The van der Waals surface area contributed by atoms with Crippen molar-refractivity contribution in [1.29, 1.82) is 5.26 Å². The Hall–Kier alpha value is -3.67. The lowest BCUT2D eigenvalue weighted by atomic mass is 9.94. The maximum atomic E-state index is 14.1. The van der Waals surface area contributed by atoms with Gasteiger partial charge in [0, 0.05) is 37.3 Å². The van der Waals surface area contributed by atoms with Gasteiger partial charge < -0.3 is 9.42 Å². The monoisotopic (exact) mass is 380 g/mol. The van der Waals surface area contributed by atoms with Gasteiger partial charge in [0.1, 0.15) is 17.8 Å². The number of piperidine rings is 1. The molecule has 1 N–H and O–H groups in total. The first-order valence-electron chi connectivity index (χ1n) is 8.86. The fraction of sp³-hybridized carbons (Fsp3) is 0.263. The van der Waals surface area contributed by atoms with Gasteiger partial charge in [-0.05, 0) is 31.0 Å². The summed E-state index contributed by atoms with van der Waals surface area (Å²) >= 11 is 0. The van der Waals surface area contributed by atoms with Crippen molar-refractivity contribution in [3.05, 3.63) is 59.9 Å². The molecular weight excluding hydrogens is 363 g/mol. The first-order valence-corrected chi connectivity index (χ1v) is 8.86. The van der Waals surface area contributed by atoms with Gasteiger partial charge in [0.2, 0.25) is 0 Å². The van der Waals surface area contributed by atoms with Crippen LogP contribution in [0.5, 0.6) is 0 Å². The summed E-state index contributed by atoms with van der Waals surface area (Å²) in [5.74, 6) is 0.0590. The van der Waals surface area contributed by atoms with Crippen LogP contribution in [0.3, 0.4) is 0 Å². The fourth-order valence-electron chi connectivity index (χ4n) is 3.29. The Morgan fingerprint density at radius 3 is 2.79 bits per heavy atom. The molecule has 28 heavy (non-hydrogen) atoms. The molecule has 1 aliphatic rings. The van der Waals surface area contributed by atoms with Crippen molar-refractivity contribution in [3.63, 3.8) is 0 Å². The van der Waals surface area contributed by atoms with Crippen molar-refractivity contribution in [2.24, 2.45) is 0 Å². The zero-order valence-corrected chi connectivity index (χ0v) is 14.9. The summed E-state index contributed by atoms with van der Waals surface area (Å²) < 4.78 is 20.3. The number of hydrogen-bond donors (Lipinski definition) is 1. The molecule has 0 spiro atoms. The van der Waals surface area contributed by atoms with Gasteiger partial charge in [0.05, 0.1) is 17.3 Å². The molecule has 1 aromatic carbocycles. The Morgan fingerprint density at radius 1 is 1.29 bits per heavy atom. The summed E-state index contributed by atoms with van der Waals surface area (Å²) in [7, 11) is 0. The standard InChI is InChI=1S/C19H17FN6O2/c20-15-11-13(12-21)1-2-17(15)26-9-5-18(23-26)22-19(27)25-7-3-14(4-8-25)16-6-10-28-24-16/h1-2,5-6,9-11,14H,3-4,7-8H2,(H,22,23,27). The van der Waals surface area contributed by atoms with Gasteiger partial charge in [-0.2, -0.15) is 5.26 Å². The van der Waals surface area contributed by atoms with E-state index in [0.717, 1.165) is 24.6 Å². The second-order valence-electron chi connectivity index (χ2n) is 6.54. The topological polar surface area (TPSA) is 100.0 Å². The number of nitriles is 1. The van der Waals surface area contributed by atoms with Crippen LogP contribution in [0.15, 0.2) is 47.3 Å². The maximum absolute atomic E-state index is 14.1. The van der Waals surface area contributed by atoms with Crippen LogP contribution < -0.4 is 5.32 Å². The highest BCUT2D eigenvalue weighted by Gasteiger charge is 2.25. The van der Waals surface area contributed by atoms with Gasteiger partial charge in [-0.25, -0.2) is 13.9 Å². The largest absolute Gasteiger partial charge is 0.365 e. The first-order chi connectivity index (χ1) is 13.6. The van der Waals surface area contributed by atoms with Crippen LogP contribution in [0, 0.1) is 17.1 Å². The zero-order valence-electron chi connectivity index (χ0n) is 14.9. The molecule has 3 heterocycles. The van der Waals surface area contributed by atoms with Gasteiger partial charge in [0.15, 0.2) is 5.82 Å². The van der Waals surface area contributed by atoms with Crippen LogP contribution >= 0.6 is 0 Å². The molecule has 1 aliphatic heterocycles. The Labute approximate surface area is 160 Å². The van der Waals surface area contributed by atoms with E-state index in [1.54, 1.807) is 23.4 Å². The zero-order chi connectivity index (χ0) is 19.5. The van der Waals surface area contributed by atoms with E-state index in [4.69, 9.17) is 9.78 Å². The quantitative estimate of drug-likeness (QED) is 0.752. The second kappa shape index (κ2) is 7.52. The molecule has 0 saturated carbocycles. The van der Waals surface area contributed by atoms with Gasteiger partial charge in [-0.3, -0.25) is 5.32 Å². The molecule has 142 valence electrons. The molecule has 3 aromatic rings. The van der Waals surface area contributed by atoms with E-state index in [9.17, 15) is 9.18 Å². The molecule has 0 bridgehead atoms. The number of aromatic nitrogens is 3. The maximum Gasteiger partial charge on any atom is 0.323 e. The Kier molecular flexibility index (Phi) is 4.76. The van der Waals surface area contributed by atoms with E-state index >= 15 is 0 Å². The van der Waals surface area contributed by atoms with Crippen molar-refractivity contribution in [3.8, 4) is 11.8 Å². The lowest BCUT2D eigenvalue weighted by Gasteiger charge is -2.30. The Balaban J connectivity index is 1.38. The molecule has 0 aliphatic carbocycles. The first kappa shape index (κ1) is 17.7. The predicted molar refractivity (Wildman–Crippen MR) is 97.3 cm³/mol. The highest BCUT2D eigenvalue weighted by molar-refractivity contribution is 5.88. The SMILES string of the molecule is N#Cc1ccc(-n2ccc(NC(=O)N3CCC(c4ccon4)CC3)n2)c(F)c1. The minimum atomic E-state index is -0.560. The average Bonchev–Trinajstić information content (AvgIpc) is 3.40. The number of anilines is 1. The molecule has 0 atom stereocenters. The number of nitrogens with zero attached hydrogens (tertiary/aromatic N) is 5. The summed E-state index contributed by atoms with van der Waals surface area (Å²) in [5, 5.41) is 19.7. The van der Waals surface area contributed by atoms with Crippen molar-refractivity contribution in [1.82, 2.24) is 19.8 Å². The van der Waals surface area contributed by atoms with Gasteiger partial charge in [-0.15, -0.1) is 5.10 Å². The minimum Gasteiger partial charge on any atom is -0.365 e. The number of hydrogen-bond acceptors (Lipinski definition) is 5. The molecule has 1 fully saturated rings. The molecule has 2 aromatic heterocycles. The molecule has 9 heteroatoms. The van der Waals surface area contributed by atoms with Gasteiger partial charge in [-0.1, -0.05) is 5.16 Å². The molecule has 4 rings (SSSR count). The van der Waals surface area contributed by atoms with Crippen LogP contribution in [0.25, 0.3) is 5.69 Å². The van der Waals surface area contributed by atoms with Crippen molar-refractivity contribution in [2.45, 2.75) is 18.8 Å². The second-order valence-corrected chi connectivity index (χ2v) is 6.54. The van der Waals surface area contributed by atoms with E-state index in [2.05, 4.69) is 15.6 Å². The van der Waals surface area contributed by atoms with Crippen molar-refractivity contribution >= 4 is 11.8 Å². The van der Waals surface area contributed by atoms with Crippen LogP contribution in [0.2, 0.25) is 0 Å². The van der Waals surface area contributed by atoms with Gasteiger partial charge in [0.25, 0.3) is 0 Å². The lowest BCUT2D eigenvalue weighted by molar-refractivity contribution is 0.193. The van der Waals surface area contributed by atoms with Crippen LogP contribution in [-0.4, -0.2) is 39.0 Å². The van der Waals surface area contributed by atoms with E-state index in [1.165, 1.54) is 16.8 Å². The number of rotatable bonds is 3. The summed E-state index contributed by atoms with van der Waals surface area (Å²) in [4.78, 5) is 14.2. The summed E-state index contributed by atoms with van der Waals surface area (Å²) in [6, 6.07) is 9.22. The fourth-order valence-corrected chi connectivity index (χ4v) is 3.29. The molecule has 1 saturated heterocycles. The van der Waals surface area contributed by atoms with Gasteiger partial charge >= 0.3 is 6.03 Å². The third-order valence-corrected chi connectivity index (χ3v) is 4.81. The van der Waals surface area contributed by atoms with E-state index in [1.807, 2.05) is 12.1 Å². The number of carbonyl (C=O) groups is 1. The third-order valence-electron chi connectivity index (χ3n) is 4.81. The molecule has 8 nitrogen and oxygen atoms in total. The highest BCUT2D eigenvalue weighted by atomic mass is 19.1. The minimum absolute atomic E-state index is 0.202. The summed E-state index contributed by atoms with van der Waals surface area (Å²) in [6.45, 7) is 1.21. The molecular formula is C19H17FN6O2. The van der Waals surface area contributed by atoms with Crippen molar-refractivity contribution < 1.29 is 13.7 Å². The predicted octanol–water partition coefficient (Wildman–Crippen LogP) is 3.28. The van der Waals surface area contributed by atoms with Crippen LogP contribution in [0.4, 0.5) is 15.0 Å². The number of urea groups is 1. The number of carbonyl (C=O) groups excluding carboxylic acids is 1. The number of halogens is 1. The van der Waals surface area contributed by atoms with E-state index < -0.39 is 5.82 Å². The van der Waals surface area contributed by atoms with Crippen molar-refractivity contribution in [2.75, 3.05) is 18.4 Å². The highest BCUT2D eigenvalue weighted by Crippen LogP contribution is 2.27. The molecule has 2 amide bonds. The molecule has 0 unspecified atom stereocenters. The van der Waals surface area contributed by atoms with Crippen LogP contribution in [-0.2, 0) is 0 Å². The van der Waals surface area contributed by atoms with Crippen LogP contribution in [0.1, 0.15) is 30.0 Å². The number of amides is 2. The lowest BCUT2D eigenvalue weighted by Crippen LogP contribution is -2.40. The Morgan fingerprint density at radius 2 is 2.11 bits per heavy atom. The smallest absolute Gasteiger partial charge is 0.323 e. The van der Waals surface area contributed by atoms with E-state index in [-0.39, 0.29) is 17.3 Å².